The van der Waals surface area contributed by atoms with Crippen molar-refractivity contribution in [1.82, 2.24) is 14.4 Å². The van der Waals surface area contributed by atoms with Gasteiger partial charge in [-0.25, -0.2) is 8.42 Å². The van der Waals surface area contributed by atoms with Crippen molar-refractivity contribution in [2.75, 3.05) is 32.8 Å². The lowest BCUT2D eigenvalue weighted by Crippen LogP contribution is -2.52. The zero-order chi connectivity index (χ0) is 16.6. The Morgan fingerprint density at radius 2 is 1.91 bits per heavy atom. The number of carbonyl (C=O) groups is 1. The first-order valence-corrected chi connectivity index (χ1v) is 9.18. The minimum atomic E-state index is -3.64. The molecule has 1 aromatic rings. The highest BCUT2D eigenvalue weighted by atomic mass is 32.2. The molecule has 0 spiro atoms. The predicted octanol–water partition coefficient (Wildman–Crippen LogP) is 0.303. The Labute approximate surface area is 135 Å². The summed E-state index contributed by atoms with van der Waals surface area (Å²) in [4.78, 5) is 14.1. The van der Waals surface area contributed by atoms with Crippen LogP contribution in [0.5, 0.6) is 0 Å². The maximum atomic E-state index is 12.7. The Bertz CT molecular complexity index is 666. The summed E-state index contributed by atoms with van der Waals surface area (Å²) < 4.78 is 37.2. The van der Waals surface area contributed by atoms with Crippen molar-refractivity contribution in [2.24, 2.45) is 0 Å². The highest BCUT2D eigenvalue weighted by molar-refractivity contribution is 7.89. The van der Waals surface area contributed by atoms with Crippen molar-refractivity contribution in [3.63, 3.8) is 0 Å². The molecule has 0 aliphatic carbocycles. The summed E-state index contributed by atoms with van der Waals surface area (Å²) in [6, 6.07) is 0. The van der Waals surface area contributed by atoms with Crippen molar-refractivity contribution in [2.45, 2.75) is 37.7 Å². The van der Waals surface area contributed by atoms with E-state index in [1.54, 1.807) is 18.7 Å². The minimum Gasteiger partial charge on any atom is -0.368 e. The lowest BCUT2D eigenvalue weighted by Gasteiger charge is -2.34. The van der Waals surface area contributed by atoms with Gasteiger partial charge in [0, 0.05) is 32.8 Å². The molecule has 0 saturated carbocycles. The molecule has 2 aliphatic heterocycles. The molecule has 0 N–H and O–H groups in total. The quantitative estimate of drug-likeness (QED) is 0.784. The van der Waals surface area contributed by atoms with Crippen molar-refractivity contribution in [3.05, 3.63) is 11.5 Å². The Morgan fingerprint density at radius 3 is 2.43 bits per heavy atom. The average Bonchev–Trinajstić information content (AvgIpc) is 3.17. The third-order valence-corrected chi connectivity index (χ3v) is 6.46. The van der Waals surface area contributed by atoms with E-state index < -0.39 is 10.0 Å². The first-order chi connectivity index (χ1) is 10.9. The van der Waals surface area contributed by atoms with Crippen LogP contribution in [0.2, 0.25) is 0 Å². The van der Waals surface area contributed by atoms with Crippen LogP contribution in [-0.4, -0.2) is 67.6 Å². The number of sulfonamides is 1. The van der Waals surface area contributed by atoms with Gasteiger partial charge in [-0.2, -0.15) is 4.31 Å². The number of rotatable bonds is 3. The van der Waals surface area contributed by atoms with Gasteiger partial charge in [-0.05, 0) is 26.7 Å². The largest absolute Gasteiger partial charge is 0.368 e. The molecule has 3 rings (SSSR count). The molecule has 0 aromatic carbocycles. The molecule has 2 saturated heterocycles. The van der Waals surface area contributed by atoms with Crippen LogP contribution in [0, 0.1) is 13.8 Å². The summed E-state index contributed by atoms with van der Waals surface area (Å²) in [5.41, 5.74) is 0.361. The molecule has 1 atom stereocenters. The fourth-order valence-corrected chi connectivity index (χ4v) is 4.81. The molecular weight excluding hydrogens is 322 g/mol. The van der Waals surface area contributed by atoms with Crippen LogP contribution in [0.25, 0.3) is 0 Å². The third kappa shape index (κ3) is 3.00. The van der Waals surface area contributed by atoms with E-state index in [1.165, 1.54) is 4.31 Å². The van der Waals surface area contributed by atoms with Gasteiger partial charge < -0.3 is 14.2 Å². The van der Waals surface area contributed by atoms with Crippen LogP contribution < -0.4 is 0 Å². The molecule has 2 aliphatic rings. The van der Waals surface area contributed by atoms with E-state index in [2.05, 4.69) is 5.16 Å². The standard InChI is InChI=1S/C14H21N3O5S/c1-10-13(11(2)22-15-10)23(19,20)17-7-5-16(6-8-17)14(18)12-4-3-9-21-12/h12H,3-9H2,1-2H3/t12-/m0/s1. The van der Waals surface area contributed by atoms with Crippen LogP contribution >= 0.6 is 0 Å². The molecule has 2 fully saturated rings. The van der Waals surface area contributed by atoms with E-state index in [0.717, 1.165) is 12.8 Å². The lowest BCUT2D eigenvalue weighted by atomic mass is 10.2. The molecule has 1 amide bonds. The highest BCUT2D eigenvalue weighted by Crippen LogP contribution is 2.24. The normalized spacial score (nSPS) is 23.4. The third-order valence-electron chi connectivity index (χ3n) is 4.32. The first-order valence-electron chi connectivity index (χ1n) is 7.74. The fourth-order valence-electron chi connectivity index (χ4n) is 3.10. The topological polar surface area (TPSA) is 93.0 Å². The number of aryl methyl sites for hydroxylation is 2. The first kappa shape index (κ1) is 16.4. The monoisotopic (exact) mass is 343 g/mol. The minimum absolute atomic E-state index is 0.0307. The molecule has 9 heteroatoms. The second-order valence-corrected chi connectivity index (χ2v) is 7.76. The van der Waals surface area contributed by atoms with Crippen molar-refractivity contribution in [1.29, 1.82) is 0 Å². The summed E-state index contributed by atoms with van der Waals surface area (Å²) in [7, 11) is -3.64. The van der Waals surface area contributed by atoms with E-state index in [-0.39, 0.29) is 30.0 Å². The van der Waals surface area contributed by atoms with E-state index >= 15 is 0 Å². The second-order valence-electron chi connectivity index (χ2n) is 5.88. The van der Waals surface area contributed by atoms with Gasteiger partial charge in [0.05, 0.1) is 0 Å². The van der Waals surface area contributed by atoms with Gasteiger partial charge in [0.1, 0.15) is 16.7 Å². The van der Waals surface area contributed by atoms with Crippen LogP contribution in [0.4, 0.5) is 0 Å². The second kappa shape index (κ2) is 6.21. The van der Waals surface area contributed by atoms with E-state index in [4.69, 9.17) is 9.26 Å². The molecule has 23 heavy (non-hydrogen) atoms. The van der Waals surface area contributed by atoms with Gasteiger partial charge in [0.25, 0.3) is 5.91 Å². The molecule has 128 valence electrons. The van der Waals surface area contributed by atoms with Crippen LogP contribution in [0.15, 0.2) is 9.42 Å². The van der Waals surface area contributed by atoms with Gasteiger partial charge >= 0.3 is 0 Å². The molecule has 0 unspecified atom stereocenters. The maximum absolute atomic E-state index is 12.7. The molecule has 8 nitrogen and oxygen atoms in total. The Balaban J connectivity index is 1.68. The van der Waals surface area contributed by atoms with Gasteiger partial charge in [-0.15, -0.1) is 0 Å². The van der Waals surface area contributed by atoms with Gasteiger partial charge in [-0.3, -0.25) is 4.79 Å². The van der Waals surface area contributed by atoms with E-state index in [9.17, 15) is 13.2 Å². The van der Waals surface area contributed by atoms with Crippen molar-refractivity contribution in [3.8, 4) is 0 Å². The molecule has 1 aromatic heterocycles. The van der Waals surface area contributed by atoms with Crippen LogP contribution in [0.3, 0.4) is 0 Å². The van der Waals surface area contributed by atoms with E-state index in [1.807, 2.05) is 0 Å². The number of piperazine rings is 1. The number of carbonyl (C=O) groups excluding carboxylic acids is 1. The Hall–Kier alpha value is -1.45. The molecule has 0 radical (unpaired) electrons. The van der Waals surface area contributed by atoms with Crippen LogP contribution in [-0.2, 0) is 19.6 Å². The SMILES string of the molecule is Cc1noc(C)c1S(=O)(=O)N1CCN(C(=O)[C@@H]2CCCO2)CC1. The predicted molar refractivity (Wildman–Crippen MR) is 80.3 cm³/mol. The molecular formula is C14H21N3O5S. The Morgan fingerprint density at radius 1 is 1.22 bits per heavy atom. The zero-order valence-corrected chi connectivity index (χ0v) is 14.1. The fraction of sp³-hybridized carbons (Fsp3) is 0.714. The molecule has 3 heterocycles. The summed E-state index contributed by atoms with van der Waals surface area (Å²) >= 11 is 0. The Kier molecular flexibility index (Phi) is 4.43. The van der Waals surface area contributed by atoms with E-state index in [0.29, 0.717) is 31.2 Å². The highest BCUT2D eigenvalue weighted by Gasteiger charge is 2.36. The summed E-state index contributed by atoms with van der Waals surface area (Å²) in [6.45, 7) is 5.11. The number of amides is 1. The van der Waals surface area contributed by atoms with Crippen LogP contribution in [0.1, 0.15) is 24.3 Å². The number of aromatic nitrogens is 1. The summed E-state index contributed by atoms with van der Waals surface area (Å²) in [5.74, 6) is 0.261. The zero-order valence-electron chi connectivity index (χ0n) is 13.3. The van der Waals surface area contributed by atoms with Gasteiger partial charge in [-0.1, -0.05) is 5.16 Å². The van der Waals surface area contributed by atoms with Gasteiger partial charge in [0.15, 0.2) is 5.76 Å². The van der Waals surface area contributed by atoms with Crippen molar-refractivity contribution < 1.29 is 22.5 Å². The lowest BCUT2D eigenvalue weighted by molar-refractivity contribution is -0.142. The number of ether oxygens (including phenoxy) is 1. The number of nitrogens with zero attached hydrogens (tertiary/aromatic N) is 3. The smallest absolute Gasteiger partial charge is 0.251 e. The number of hydrogen-bond acceptors (Lipinski definition) is 6. The van der Waals surface area contributed by atoms with Gasteiger partial charge in [0.2, 0.25) is 10.0 Å². The maximum Gasteiger partial charge on any atom is 0.251 e. The summed E-state index contributed by atoms with van der Waals surface area (Å²) in [6.07, 6.45) is 1.29. The number of hydrogen-bond donors (Lipinski definition) is 0. The summed E-state index contributed by atoms with van der Waals surface area (Å²) in [5, 5.41) is 3.71. The van der Waals surface area contributed by atoms with Crippen molar-refractivity contribution >= 4 is 15.9 Å². The molecule has 0 bridgehead atoms. The average molecular weight is 343 g/mol.